The lowest BCUT2D eigenvalue weighted by atomic mass is 9.82. The summed E-state index contributed by atoms with van der Waals surface area (Å²) in [6, 6.07) is 0. The highest BCUT2D eigenvalue weighted by molar-refractivity contribution is 7.71. The molecule has 0 bridgehead atoms. The van der Waals surface area contributed by atoms with E-state index in [0.717, 1.165) is 11.3 Å². The van der Waals surface area contributed by atoms with E-state index in [1.54, 1.807) is 0 Å². The predicted molar refractivity (Wildman–Crippen MR) is 72.7 cm³/mol. The van der Waals surface area contributed by atoms with Gasteiger partial charge in [-0.2, -0.15) is 5.10 Å². The van der Waals surface area contributed by atoms with Gasteiger partial charge in [0.05, 0.1) is 0 Å². The molecule has 1 heterocycles. The molecule has 0 aliphatic heterocycles. The number of hydrogen-bond donors (Lipinski definition) is 1. The molecule has 0 aromatic carbocycles. The van der Waals surface area contributed by atoms with Gasteiger partial charge in [-0.05, 0) is 37.4 Å². The van der Waals surface area contributed by atoms with Crippen molar-refractivity contribution in [2.45, 2.75) is 64.8 Å². The maximum Gasteiger partial charge on any atom is 0.195 e. The van der Waals surface area contributed by atoms with Crippen LogP contribution in [-0.2, 0) is 12.0 Å². The van der Waals surface area contributed by atoms with Crippen LogP contribution in [0.2, 0.25) is 0 Å². The fourth-order valence-corrected chi connectivity index (χ4v) is 3.25. The van der Waals surface area contributed by atoms with Gasteiger partial charge in [0.1, 0.15) is 5.82 Å². The van der Waals surface area contributed by atoms with Crippen molar-refractivity contribution in [2.75, 3.05) is 0 Å². The van der Waals surface area contributed by atoms with E-state index in [1.807, 2.05) is 0 Å². The highest BCUT2D eigenvalue weighted by atomic mass is 32.1. The van der Waals surface area contributed by atoms with E-state index in [0.29, 0.717) is 5.92 Å². The zero-order chi connectivity index (χ0) is 12.5. The first-order valence-corrected chi connectivity index (χ1v) is 7.15. The van der Waals surface area contributed by atoms with Crippen LogP contribution in [0.5, 0.6) is 0 Å². The van der Waals surface area contributed by atoms with Crippen molar-refractivity contribution >= 4 is 12.2 Å². The van der Waals surface area contributed by atoms with Crippen molar-refractivity contribution in [3.63, 3.8) is 0 Å². The minimum atomic E-state index is 0.280. The minimum Gasteiger partial charge on any atom is -0.303 e. The van der Waals surface area contributed by atoms with Gasteiger partial charge in [-0.25, -0.2) is 0 Å². The van der Waals surface area contributed by atoms with Crippen molar-refractivity contribution in [3.8, 4) is 0 Å². The molecule has 1 fully saturated rings. The highest BCUT2D eigenvalue weighted by Crippen LogP contribution is 2.42. The largest absolute Gasteiger partial charge is 0.303 e. The summed E-state index contributed by atoms with van der Waals surface area (Å²) in [5.41, 5.74) is 0.280. The maximum absolute atomic E-state index is 5.37. The third kappa shape index (κ3) is 2.32. The lowest BCUT2D eigenvalue weighted by Crippen LogP contribution is -2.27. The van der Waals surface area contributed by atoms with Crippen LogP contribution in [0.25, 0.3) is 0 Å². The molecule has 17 heavy (non-hydrogen) atoms. The monoisotopic (exact) mass is 253 g/mol. The first-order chi connectivity index (χ1) is 8.09. The topological polar surface area (TPSA) is 33.6 Å². The van der Waals surface area contributed by atoms with Crippen molar-refractivity contribution in [1.29, 1.82) is 0 Å². The first kappa shape index (κ1) is 12.8. The van der Waals surface area contributed by atoms with E-state index in [2.05, 4.69) is 35.5 Å². The Kier molecular flexibility index (Phi) is 3.71. The van der Waals surface area contributed by atoms with Gasteiger partial charge in [0.2, 0.25) is 0 Å². The van der Waals surface area contributed by atoms with Gasteiger partial charge in [0.15, 0.2) is 4.77 Å². The second-order valence-corrected chi connectivity index (χ2v) is 6.08. The van der Waals surface area contributed by atoms with Gasteiger partial charge in [-0.3, -0.25) is 5.10 Å². The number of hydrogen-bond acceptors (Lipinski definition) is 2. The molecule has 4 heteroatoms. The van der Waals surface area contributed by atoms with E-state index in [4.69, 9.17) is 12.2 Å². The molecule has 1 aliphatic carbocycles. The SMILES string of the molecule is CCC1(c2n[nH]c(=S)n2CC(C)C)CCCC1. The molecule has 1 saturated carbocycles. The molecule has 0 radical (unpaired) electrons. The summed E-state index contributed by atoms with van der Waals surface area (Å²) in [5, 5.41) is 7.53. The minimum absolute atomic E-state index is 0.280. The van der Waals surface area contributed by atoms with Crippen molar-refractivity contribution in [1.82, 2.24) is 14.8 Å². The Morgan fingerprint density at radius 2 is 2.06 bits per heavy atom. The first-order valence-electron chi connectivity index (χ1n) is 6.75. The zero-order valence-electron chi connectivity index (χ0n) is 11.1. The van der Waals surface area contributed by atoms with Crippen molar-refractivity contribution in [3.05, 3.63) is 10.6 Å². The quantitative estimate of drug-likeness (QED) is 0.828. The van der Waals surface area contributed by atoms with Crippen LogP contribution in [0.1, 0.15) is 58.7 Å². The molecular weight excluding hydrogens is 230 g/mol. The van der Waals surface area contributed by atoms with Crippen LogP contribution in [0.4, 0.5) is 0 Å². The second-order valence-electron chi connectivity index (χ2n) is 5.70. The molecule has 3 nitrogen and oxygen atoms in total. The zero-order valence-corrected chi connectivity index (χ0v) is 11.9. The van der Waals surface area contributed by atoms with Gasteiger partial charge in [0.25, 0.3) is 0 Å². The van der Waals surface area contributed by atoms with Gasteiger partial charge in [-0.1, -0.05) is 33.6 Å². The number of aromatic amines is 1. The van der Waals surface area contributed by atoms with Crippen molar-refractivity contribution < 1.29 is 0 Å². The van der Waals surface area contributed by atoms with Gasteiger partial charge < -0.3 is 4.57 Å². The molecule has 0 spiro atoms. The number of aromatic nitrogens is 3. The summed E-state index contributed by atoms with van der Waals surface area (Å²) in [4.78, 5) is 0. The lowest BCUT2D eigenvalue weighted by Gasteiger charge is -2.27. The summed E-state index contributed by atoms with van der Waals surface area (Å²) in [5.74, 6) is 1.81. The molecule has 96 valence electrons. The van der Waals surface area contributed by atoms with Crippen LogP contribution >= 0.6 is 12.2 Å². The fourth-order valence-electron chi connectivity index (χ4n) is 3.04. The number of nitrogens with one attached hydrogen (secondary N) is 1. The highest BCUT2D eigenvalue weighted by Gasteiger charge is 2.38. The summed E-state index contributed by atoms with van der Waals surface area (Å²) in [6.07, 6.45) is 6.36. The Morgan fingerprint density at radius 1 is 1.41 bits per heavy atom. The normalized spacial score (nSPS) is 19.1. The van der Waals surface area contributed by atoms with E-state index in [1.165, 1.54) is 37.9 Å². The van der Waals surface area contributed by atoms with E-state index in [9.17, 15) is 0 Å². The van der Waals surface area contributed by atoms with Crippen LogP contribution < -0.4 is 0 Å². The Morgan fingerprint density at radius 3 is 2.59 bits per heavy atom. The fraction of sp³-hybridized carbons (Fsp3) is 0.846. The summed E-state index contributed by atoms with van der Waals surface area (Å²) in [7, 11) is 0. The molecule has 1 N–H and O–H groups in total. The van der Waals surface area contributed by atoms with Crippen LogP contribution in [-0.4, -0.2) is 14.8 Å². The molecule has 0 unspecified atom stereocenters. The third-order valence-electron chi connectivity index (χ3n) is 4.02. The second kappa shape index (κ2) is 4.92. The summed E-state index contributed by atoms with van der Waals surface area (Å²) in [6.45, 7) is 7.72. The standard InChI is InChI=1S/C13H23N3S/c1-4-13(7-5-6-8-13)11-14-15-12(17)16(11)9-10(2)3/h10H,4-9H2,1-3H3,(H,15,17). The van der Waals surface area contributed by atoms with Gasteiger partial charge in [0, 0.05) is 12.0 Å². The average Bonchev–Trinajstić information content (AvgIpc) is 2.88. The molecule has 1 aromatic heterocycles. The van der Waals surface area contributed by atoms with Crippen LogP contribution in [0.15, 0.2) is 0 Å². The molecule has 0 atom stereocenters. The molecule has 0 saturated heterocycles. The Labute approximate surface area is 109 Å². The van der Waals surface area contributed by atoms with E-state index in [-0.39, 0.29) is 5.41 Å². The van der Waals surface area contributed by atoms with E-state index >= 15 is 0 Å². The third-order valence-corrected chi connectivity index (χ3v) is 4.33. The smallest absolute Gasteiger partial charge is 0.195 e. The number of rotatable bonds is 4. The Bertz CT molecular complexity index is 424. The van der Waals surface area contributed by atoms with E-state index < -0.39 is 0 Å². The lowest BCUT2D eigenvalue weighted by molar-refractivity contribution is 0.365. The molecule has 1 aliphatic rings. The summed E-state index contributed by atoms with van der Waals surface area (Å²) < 4.78 is 3.02. The summed E-state index contributed by atoms with van der Waals surface area (Å²) >= 11 is 5.37. The molecular formula is C13H23N3S. The Balaban J connectivity index is 2.40. The number of H-pyrrole nitrogens is 1. The Hall–Kier alpha value is -0.640. The predicted octanol–water partition coefficient (Wildman–Crippen LogP) is 3.82. The van der Waals surface area contributed by atoms with Gasteiger partial charge in [-0.15, -0.1) is 0 Å². The van der Waals surface area contributed by atoms with Crippen LogP contribution in [0.3, 0.4) is 0 Å². The molecule has 0 amide bonds. The van der Waals surface area contributed by atoms with Gasteiger partial charge >= 0.3 is 0 Å². The van der Waals surface area contributed by atoms with Crippen LogP contribution in [0, 0.1) is 10.7 Å². The number of nitrogens with zero attached hydrogens (tertiary/aromatic N) is 2. The average molecular weight is 253 g/mol. The maximum atomic E-state index is 5.37. The molecule has 2 rings (SSSR count). The van der Waals surface area contributed by atoms with Crippen molar-refractivity contribution in [2.24, 2.45) is 5.92 Å². The molecule has 1 aromatic rings.